The van der Waals surface area contributed by atoms with Crippen LogP contribution in [0.5, 0.6) is 0 Å². The van der Waals surface area contributed by atoms with Gasteiger partial charge < -0.3 is 5.73 Å². The van der Waals surface area contributed by atoms with Crippen molar-refractivity contribution < 1.29 is 13.2 Å². The van der Waals surface area contributed by atoms with Crippen molar-refractivity contribution in [3.05, 3.63) is 29.6 Å². The van der Waals surface area contributed by atoms with Gasteiger partial charge in [-0.25, -0.2) is 0 Å². The molecular weight excluding hydrogens is 193 g/mol. The van der Waals surface area contributed by atoms with E-state index in [0.29, 0.717) is 11.3 Å². The van der Waals surface area contributed by atoms with Crippen LogP contribution >= 0.6 is 0 Å². The maximum absolute atomic E-state index is 12.0. The normalized spacial score (nSPS) is 14.1. The lowest BCUT2D eigenvalue weighted by Gasteiger charge is -2.15. The van der Waals surface area contributed by atoms with Gasteiger partial charge in [-0.1, -0.05) is 6.07 Å². The van der Waals surface area contributed by atoms with E-state index in [2.05, 4.69) is 4.98 Å². The zero-order chi connectivity index (χ0) is 10.8. The van der Waals surface area contributed by atoms with E-state index in [1.54, 1.807) is 19.1 Å². The summed E-state index contributed by atoms with van der Waals surface area (Å²) in [4.78, 5) is 3.88. The highest BCUT2D eigenvalue weighted by atomic mass is 19.4. The molecule has 78 valence electrons. The van der Waals surface area contributed by atoms with Crippen molar-refractivity contribution in [1.82, 2.24) is 4.98 Å². The van der Waals surface area contributed by atoms with Gasteiger partial charge in [-0.2, -0.15) is 13.2 Å². The predicted molar refractivity (Wildman–Crippen MR) is 46.6 cm³/mol. The van der Waals surface area contributed by atoms with Crippen molar-refractivity contribution >= 4 is 0 Å². The third kappa shape index (κ3) is 2.99. The number of rotatable bonds is 2. The van der Waals surface area contributed by atoms with Crippen LogP contribution in [-0.2, 0) is 0 Å². The number of pyridine rings is 1. The van der Waals surface area contributed by atoms with E-state index in [1.165, 1.54) is 6.20 Å². The highest BCUT2D eigenvalue weighted by Crippen LogP contribution is 2.28. The zero-order valence-electron chi connectivity index (χ0n) is 7.67. The second-order valence-electron chi connectivity index (χ2n) is 3.10. The Morgan fingerprint density at radius 3 is 2.64 bits per heavy atom. The summed E-state index contributed by atoms with van der Waals surface area (Å²) >= 11 is 0. The molecule has 0 saturated heterocycles. The molecule has 0 aliphatic rings. The Balaban J connectivity index is 2.80. The third-order valence-electron chi connectivity index (χ3n) is 1.90. The highest BCUT2D eigenvalue weighted by molar-refractivity contribution is 5.22. The van der Waals surface area contributed by atoms with Gasteiger partial charge in [0.2, 0.25) is 0 Å². The van der Waals surface area contributed by atoms with Crippen molar-refractivity contribution in [3.8, 4) is 0 Å². The number of nitrogens with zero attached hydrogens (tertiary/aromatic N) is 1. The summed E-state index contributed by atoms with van der Waals surface area (Å²) in [6, 6.07) is 2.13. The second kappa shape index (κ2) is 3.96. The van der Waals surface area contributed by atoms with Crippen LogP contribution in [0.25, 0.3) is 0 Å². The predicted octanol–water partition coefficient (Wildman–Crippen LogP) is 2.34. The lowest BCUT2D eigenvalue weighted by molar-refractivity contribution is -0.138. The van der Waals surface area contributed by atoms with Crippen molar-refractivity contribution in [2.75, 3.05) is 0 Å². The molecule has 0 saturated carbocycles. The molecule has 5 heteroatoms. The Hall–Kier alpha value is -1.10. The lowest BCUT2D eigenvalue weighted by Crippen LogP contribution is -2.21. The molecule has 0 spiro atoms. The van der Waals surface area contributed by atoms with Gasteiger partial charge in [-0.3, -0.25) is 4.98 Å². The summed E-state index contributed by atoms with van der Waals surface area (Å²) in [6.45, 7) is 1.64. The van der Waals surface area contributed by atoms with Crippen LogP contribution in [0, 0.1) is 6.92 Å². The Bertz CT molecular complexity index is 309. The number of nitrogens with two attached hydrogens (primary N) is 1. The fourth-order valence-electron chi connectivity index (χ4n) is 1.25. The fourth-order valence-corrected chi connectivity index (χ4v) is 1.25. The first kappa shape index (κ1) is 11.0. The molecule has 1 unspecified atom stereocenters. The molecule has 2 nitrogen and oxygen atoms in total. The van der Waals surface area contributed by atoms with Crippen LogP contribution in [0.15, 0.2) is 18.3 Å². The molecule has 0 aliphatic carbocycles. The Labute approximate surface area is 79.9 Å². The van der Waals surface area contributed by atoms with Crippen LogP contribution in [-0.4, -0.2) is 11.2 Å². The zero-order valence-corrected chi connectivity index (χ0v) is 7.67. The molecule has 1 aromatic rings. The van der Waals surface area contributed by atoms with Gasteiger partial charge in [0.25, 0.3) is 0 Å². The van der Waals surface area contributed by atoms with Crippen molar-refractivity contribution in [2.45, 2.75) is 25.6 Å². The minimum atomic E-state index is -4.23. The van der Waals surface area contributed by atoms with Gasteiger partial charge in [0.05, 0.1) is 6.42 Å². The molecule has 2 N–H and O–H groups in total. The maximum Gasteiger partial charge on any atom is 0.390 e. The molecule has 0 amide bonds. The Kier molecular flexibility index (Phi) is 3.10. The quantitative estimate of drug-likeness (QED) is 0.803. The van der Waals surface area contributed by atoms with Crippen molar-refractivity contribution in [2.24, 2.45) is 5.73 Å². The SMILES string of the molecule is Cc1ncccc1C(N)CC(F)(F)F. The molecule has 0 radical (unpaired) electrons. The molecule has 0 aromatic carbocycles. The smallest absolute Gasteiger partial charge is 0.324 e. The molecule has 1 rings (SSSR count). The molecule has 1 atom stereocenters. The minimum absolute atomic E-state index is 0.449. The standard InChI is InChI=1S/C9H11F3N2/c1-6-7(3-2-4-14-6)8(13)5-9(10,11)12/h2-4,8H,5,13H2,1H3. The summed E-state index contributed by atoms with van der Waals surface area (Å²) in [7, 11) is 0. The van der Waals surface area contributed by atoms with Crippen LogP contribution < -0.4 is 5.73 Å². The summed E-state index contributed by atoms with van der Waals surface area (Å²) in [5, 5.41) is 0. The Morgan fingerprint density at radius 2 is 2.14 bits per heavy atom. The van der Waals surface area contributed by atoms with Gasteiger partial charge in [0.1, 0.15) is 0 Å². The van der Waals surface area contributed by atoms with E-state index in [9.17, 15) is 13.2 Å². The minimum Gasteiger partial charge on any atom is -0.324 e. The first-order valence-electron chi connectivity index (χ1n) is 4.14. The van der Waals surface area contributed by atoms with Crippen molar-refractivity contribution in [1.29, 1.82) is 0 Å². The highest BCUT2D eigenvalue weighted by Gasteiger charge is 2.31. The molecule has 0 fully saturated rings. The lowest BCUT2D eigenvalue weighted by atomic mass is 10.0. The van der Waals surface area contributed by atoms with E-state index >= 15 is 0 Å². The monoisotopic (exact) mass is 204 g/mol. The summed E-state index contributed by atoms with van der Waals surface area (Å²) in [5.41, 5.74) is 6.42. The van der Waals surface area contributed by atoms with Crippen molar-refractivity contribution in [3.63, 3.8) is 0 Å². The van der Waals surface area contributed by atoms with E-state index in [4.69, 9.17) is 5.73 Å². The molecule has 1 heterocycles. The average Bonchev–Trinajstić information content (AvgIpc) is 2.01. The topological polar surface area (TPSA) is 38.9 Å². The fraction of sp³-hybridized carbons (Fsp3) is 0.444. The van der Waals surface area contributed by atoms with Crippen LogP contribution in [0.3, 0.4) is 0 Å². The molecule has 14 heavy (non-hydrogen) atoms. The van der Waals surface area contributed by atoms with E-state index in [0.717, 1.165) is 0 Å². The first-order valence-corrected chi connectivity index (χ1v) is 4.14. The van der Waals surface area contributed by atoms with Gasteiger partial charge in [0.15, 0.2) is 0 Å². The molecule has 0 aliphatic heterocycles. The summed E-state index contributed by atoms with van der Waals surface area (Å²) in [5.74, 6) is 0. The van der Waals surface area contributed by atoms with Gasteiger partial charge >= 0.3 is 6.18 Å². The van der Waals surface area contributed by atoms with E-state index in [1.807, 2.05) is 0 Å². The number of hydrogen-bond acceptors (Lipinski definition) is 2. The molecule has 1 aromatic heterocycles. The largest absolute Gasteiger partial charge is 0.390 e. The van der Waals surface area contributed by atoms with E-state index < -0.39 is 18.6 Å². The molecular formula is C9H11F3N2. The number of alkyl halides is 3. The first-order chi connectivity index (χ1) is 6.40. The second-order valence-corrected chi connectivity index (χ2v) is 3.10. The van der Waals surface area contributed by atoms with Crippen LogP contribution in [0.4, 0.5) is 13.2 Å². The van der Waals surface area contributed by atoms with E-state index in [-0.39, 0.29) is 0 Å². The number of hydrogen-bond donors (Lipinski definition) is 1. The average molecular weight is 204 g/mol. The van der Waals surface area contributed by atoms with Gasteiger partial charge in [-0.15, -0.1) is 0 Å². The van der Waals surface area contributed by atoms with Gasteiger partial charge in [-0.05, 0) is 18.6 Å². The number of aryl methyl sites for hydroxylation is 1. The number of halogens is 3. The molecule has 0 bridgehead atoms. The van der Waals surface area contributed by atoms with Gasteiger partial charge in [0, 0.05) is 17.9 Å². The number of aromatic nitrogens is 1. The Morgan fingerprint density at radius 1 is 1.50 bits per heavy atom. The van der Waals surface area contributed by atoms with Crippen LogP contribution in [0.1, 0.15) is 23.7 Å². The third-order valence-corrected chi connectivity index (χ3v) is 1.90. The maximum atomic E-state index is 12.0. The summed E-state index contributed by atoms with van der Waals surface area (Å²) in [6.07, 6.45) is -3.72. The van der Waals surface area contributed by atoms with Crippen LogP contribution in [0.2, 0.25) is 0 Å². The summed E-state index contributed by atoms with van der Waals surface area (Å²) < 4.78 is 36.1.